The van der Waals surface area contributed by atoms with E-state index < -0.39 is 0 Å². The maximum atomic E-state index is 12.5. The molecule has 7 heterocycles. The summed E-state index contributed by atoms with van der Waals surface area (Å²) in [5.41, 5.74) is 18.0. The lowest BCUT2D eigenvalue weighted by Gasteiger charge is -2.19. The quantitative estimate of drug-likeness (QED) is 0.0829. The number of rotatable bonds is 17. The number of benzene rings is 15. The molecule has 15 aromatic carbocycles. The van der Waals surface area contributed by atoms with Gasteiger partial charge in [0.2, 0.25) is 0 Å². The van der Waals surface area contributed by atoms with Gasteiger partial charge in [0.05, 0.1) is 50.4 Å². The van der Waals surface area contributed by atoms with Crippen LogP contribution in [0.25, 0.3) is 226 Å². The first-order valence-electron chi connectivity index (χ1n) is 40.6. The van der Waals surface area contributed by atoms with E-state index >= 15 is 0 Å². The van der Waals surface area contributed by atoms with Crippen LogP contribution in [0, 0.1) is 11.3 Å². The van der Waals surface area contributed by atoms with Crippen molar-refractivity contribution in [1.82, 2.24) is 78.9 Å². The van der Waals surface area contributed by atoms with Crippen molar-refractivity contribution in [2.75, 3.05) is 0 Å². The normalized spacial score (nSPS) is 11.4. The summed E-state index contributed by atoms with van der Waals surface area (Å²) in [4.78, 5) is 74.0. The second-order valence-electron chi connectivity index (χ2n) is 29.9. The Balaban J connectivity index is 0.823. The monoisotopic (exact) mass is 1590 g/mol. The van der Waals surface area contributed by atoms with Gasteiger partial charge < -0.3 is 9.13 Å². The van der Waals surface area contributed by atoms with Crippen LogP contribution in [0.15, 0.2) is 394 Å². The number of hydrogen-bond donors (Lipinski definition) is 0. The smallest absolute Gasteiger partial charge is 0.164 e. The van der Waals surface area contributed by atoms with Gasteiger partial charge in [-0.3, -0.25) is 0 Å². The molecule has 22 rings (SSSR count). The van der Waals surface area contributed by atoms with E-state index in [1.807, 2.05) is 303 Å². The topological polar surface area (TPSA) is 214 Å². The van der Waals surface area contributed by atoms with Crippen LogP contribution in [0.5, 0.6) is 0 Å². The summed E-state index contributed by atoms with van der Waals surface area (Å²) in [6.07, 6.45) is 0. The first-order chi connectivity index (χ1) is 61.4. The van der Waals surface area contributed by atoms with Gasteiger partial charge in [-0.15, -0.1) is 0 Å². The molecule has 0 N–H and O–H groups in total. The zero-order valence-corrected chi connectivity index (χ0v) is 66.1. The third kappa shape index (κ3) is 13.8. The Bertz CT molecular complexity index is 7220. The Morgan fingerprint density at radius 2 is 0.371 bits per heavy atom. The fourth-order valence-corrected chi connectivity index (χ4v) is 16.2. The number of aromatic nitrogens is 16. The van der Waals surface area contributed by atoms with E-state index in [0.717, 1.165) is 122 Å². The summed E-state index contributed by atoms with van der Waals surface area (Å²) < 4.78 is 4.40. The van der Waals surface area contributed by atoms with Crippen molar-refractivity contribution in [2.24, 2.45) is 0 Å². The van der Waals surface area contributed by atoms with Gasteiger partial charge in [-0.1, -0.05) is 303 Å². The highest BCUT2D eigenvalue weighted by atomic mass is 15.1. The summed E-state index contributed by atoms with van der Waals surface area (Å²) in [5.74, 6) is 6.43. The lowest BCUT2D eigenvalue weighted by molar-refractivity contribution is 1.07. The SMILES string of the molecule is N#Cc1cc(-n2c3ccc(-c4nc(-c5ccccc5)nc(-c5ccccc5)n4)cc3c3cc(-c4nc(-c5ccccc5)nc(-c5ccccc5)n4)ccc32)c(-c2nc(-c3ccccc3)cc(-c3ccccc3)n2)cc1-n1c2ccc(-c3nc(-c4ccccc4)nc(-c4ccccc4)n3)cc2c2cc(-c3nc(-c4ccccc4)nc(-c4ccccc4)n3)ccc21. The van der Waals surface area contributed by atoms with E-state index in [1.165, 1.54) is 0 Å². The summed E-state index contributed by atoms with van der Waals surface area (Å²) in [6.45, 7) is 0. The molecule has 0 unspecified atom stereocenters. The lowest BCUT2D eigenvalue weighted by Crippen LogP contribution is -2.06. The van der Waals surface area contributed by atoms with E-state index in [1.54, 1.807) is 0 Å². The van der Waals surface area contributed by atoms with Gasteiger partial charge in [0.1, 0.15) is 6.07 Å². The Hall–Kier alpha value is -17.5. The van der Waals surface area contributed by atoms with Crippen LogP contribution in [-0.2, 0) is 0 Å². The number of nitriles is 1. The molecule has 0 radical (unpaired) electrons. The fourth-order valence-electron chi connectivity index (χ4n) is 16.2. The Kier molecular flexibility index (Phi) is 18.5. The average molecular weight is 1590 g/mol. The first-order valence-corrected chi connectivity index (χ1v) is 40.6. The van der Waals surface area contributed by atoms with Crippen LogP contribution in [0.3, 0.4) is 0 Å². The molecule has 578 valence electrons. The molecule has 0 saturated carbocycles. The minimum Gasteiger partial charge on any atom is -0.308 e. The first kappa shape index (κ1) is 72.9. The van der Waals surface area contributed by atoms with Crippen LogP contribution in [-0.4, -0.2) is 78.9 Å². The van der Waals surface area contributed by atoms with Crippen LogP contribution in [0.1, 0.15) is 5.56 Å². The molecule has 124 heavy (non-hydrogen) atoms. The largest absolute Gasteiger partial charge is 0.308 e. The maximum absolute atomic E-state index is 12.5. The molecule has 0 saturated heterocycles. The molecule has 22 aromatic rings. The highest BCUT2D eigenvalue weighted by Crippen LogP contribution is 2.45. The van der Waals surface area contributed by atoms with Crippen molar-refractivity contribution in [1.29, 1.82) is 5.26 Å². The number of hydrogen-bond acceptors (Lipinski definition) is 15. The van der Waals surface area contributed by atoms with E-state index in [0.29, 0.717) is 110 Å². The van der Waals surface area contributed by atoms with Gasteiger partial charge in [0.15, 0.2) is 75.7 Å². The van der Waals surface area contributed by atoms with E-state index in [4.69, 9.17) is 69.8 Å². The second kappa shape index (κ2) is 31.4. The van der Waals surface area contributed by atoms with E-state index in [-0.39, 0.29) is 0 Å². The molecule has 0 aliphatic rings. The zero-order chi connectivity index (χ0) is 82.4. The highest BCUT2D eigenvalue weighted by Gasteiger charge is 2.28. The van der Waals surface area contributed by atoms with Crippen molar-refractivity contribution in [2.45, 2.75) is 0 Å². The standard InChI is InChI=1S/C107H65N17/c108-66-81-63-94(124-91-57-53-79(105-119-99(73-43-23-7-24-44-73)113-100(120-105)74-45-25-8-26-46-74)61-84(91)85-62-80(54-58-92(85)124)106-121-101(75-47-27-9-28-48-75)114-102(122-106)76-49-29-10-30-50-76)86(107-109-87(67-31-11-1-12-32-67)65-88(110-107)68-33-13-2-14-34-68)64-93(81)123-89-55-51-77(103-115-95(69-35-15-3-16-36-69)111-96(116-103)70-37-17-4-18-38-70)59-82(89)83-60-78(52-56-90(83)123)104-117-97(71-39-19-5-20-40-71)112-98(118-104)72-41-21-6-22-42-72/h1-65H. The molecule has 0 spiro atoms. The van der Waals surface area contributed by atoms with Gasteiger partial charge >= 0.3 is 0 Å². The molecular weight excluding hydrogens is 1520 g/mol. The van der Waals surface area contributed by atoms with Crippen LogP contribution < -0.4 is 0 Å². The van der Waals surface area contributed by atoms with Crippen molar-refractivity contribution in [3.8, 4) is 188 Å². The number of nitrogens with zero attached hydrogens (tertiary/aromatic N) is 17. The maximum Gasteiger partial charge on any atom is 0.164 e. The lowest BCUT2D eigenvalue weighted by atomic mass is 10.0. The molecule has 0 atom stereocenters. The molecule has 17 nitrogen and oxygen atoms in total. The molecule has 7 aromatic heterocycles. The van der Waals surface area contributed by atoms with Crippen LogP contribution >= 0.6 is 0 Å². The minimum atomic E-state index is 0.338. The van der Waals surface area contributed by atoms with Crippen molar-refractivity contribution < 1.29 is 0 Å². The molecule has 17 heteroatoms. The molecule has 0 bridgehead atoms. The van der Waals surface area contributed by atoms with Crippen molar-refractivity contribution in [3.05, 3.63) is 400 Å². The van der Waals surface area contributed by atoms with E-state index in [2.05, 4.69) is 106 Å². The van der Waals surface area contributed by atoms with Crippen molar-refractivity contribution >= 4 is 43.6 Å². The molecule has 0 aliphatic carbocycles. The second-order valence-corrected chi connectivity index (χ2v) is 29.9. The molecular formula is C107H65N17. The zero-order valence-electron chi connectivity index (χ0n) is 66.1. The third-order valence-corrected chi connectivity index (χ3v) is 22.2. The number of fused-ring (bicyclic) bond motifs is 6. The van der Waals surface area contributed by atoms with Gasteiger partial charge in [-0.2, -0.15) is 5.26 Å². The van der Waals surface area contributed by atoms with Crippen molar-refractivity contribution in [3.63, 3.8) is 0 Å². The third-order valence-electron chi connectivity index (χ3n) is 22.2. The molecule has 0 amide bonds. The summed E-state index contributed by atoms with van der Waals surface area (Å²) in [6, 6.07) is 134. The van der Waals surface area contributed by atoms with Gasteiger partial charge in [-0.05, 0) is 91.0 Å². The van der Waals surface area contributed by atoms with Gasteiger partial charge in [0, 0.05) is 105 Å². The highest BCUT2D eigenvalue weighted by molar-refractivity contribution is 6.14. The summed E-state index contributed by atoms with van der Waals surface area (Å²) in [5, 5.41) is 15.8. The predicted octanol–water partition coefficient (Wildman–Crippen LogP) is 24.3. The Labute approximate surface area is 711 Å². The van der Waals surface area contributed by atoms with Crippen LogP contribution in [0.4, 0.5) is 0 Å². The summed E-state index contributed by atoms with van der Waals surface area (Å²) >= 11 is 0. The Morgan fingerprint density at radius 3 is 0.589 bits per heavy atom. The average Bonchev–Trinajstić information content (AvgIpc) is 1.57. The van der Waals surface area contributed by atoms with Gasteiger partial charge in [0.25, 0.3) is 0 Å². The summed E-state index contributed by atoms with van der Waals surface area (Å²) in [7, 11) is 0. The predicted molar refractivity (Wildman–Crippen MR) is 491 cm³/mol. The van der Waals surface area contributed by atoms with Gasteiger partial charge in [-0.25, -0.2) is 69.8 Å². The minimum absolute atomic E-state index is 0.338. The fraction of sp³-hybridized carbons (Fsp3) is 0. The van der Waals surface area contributed by atoms with E-state index in [9.17, 15) is 5.26 Å². The Morgan fingerprint density at radius 1 is 0.169 bits per heavy atom. The van der Waals surface area contributed by atoms with Crippen LogP contribution in [0.2, 0.25) is 0 Å². The molecule has 0 aliphatic heterocycles. The molecule has 0 fully saturated rings.